The van der Waals surface area contributed by atoms with Gasteiger partial charge in [0.2, 0.25) is 5.95 Å². The standard InChI is InChI=1S/C12H17BrN4/c1-8(2)6-9(3)14-12-15-11-5-4-10(13)7-17(11)16-12/h4-5,7-9H,6H2,1-3H3,(H,14,16). The third-order valence-corrected chi connectivity index (χ3v) is 2.96. The van der Waals surface area contributed by atoms with Crippen molar-refractivity contribution in [3.05, 3.63) is 22.8 Å². The van der Waals surface area contributed by atoms with Gasteiger partial charge in [0.15, 0.2) is 5.65 Å². The van der Waals surface area contributed by atoms with Crippen LogP contribution in [0.5, 0.6) is 0 Å². The maximum absolute atomic E-state index is 4.42. The summed E-state index contributed by atoms with van der Waals surface area (Å²) in [6.07, 6.45) is 3.01. The molecule has 2 aromatic heterocycles. The maximum Gasteiger partial charge on any atom is 0.243 e. The molecule has 2 rings (SSSR count). The first-order valence-electron chi connectivity index (χ1n) is 5.83. The number of fused-ring (bicyclic) bond motifs is 1. The second-order valence-electron chi connectivity index (χ2n) is 4.76. The molecule has 0 spiro atoms. The number of halogens is 1. The fourth-order valence-corrected chi connectivity index (χ4v) is 2.23. The molecule has 0 aliphatic carbocycles. The zero-order valence-corrected chi connectivity index (χ0v) is 11.9. The number of aromatic nitrogens is 3. The Morgan fingerprint density at radius 2 is 2.12 bits per heavy atom. The van der Waals surface area contributed by atoms with Crippen LogP contribution in [0.1, 0.15) is 27.2 Å². The quantitative estimate of drug-likeness (QED) is 0.941. The maximum atomic E-state index is 4.42. The van der Waals surface area contributed by atoms with Crippen molar-refractivity contribution in [1.82, 2.24) is 14.6 Å². The second kappa shape index (κ2) is 5.04. The molecule has 92 valence electrons. The van der Waals surface area contributed by atoms with Gasteiger partial charge in [0.05, 0.1) is 0 Å². The molecule has 0 bridgehead atoms. The third kappa shape index (κ3) is 3.19. The molecule has 0 saturated heterocycles. The zero-order valence-electron chi connectivity index (χ0n) is 10.3. The summed E-state index contributed by atoms with van der Waals surface area (Å²) < 4.78 is 2.77. The number of hydrogen-bond donors (Lipinski definition) is 1. The largest absolute Gasteiger partial charge is 0.350 e. The van der Waals surface area contributed by atoms with Crippen LogP contribution in [0.25, 0.3) is 5.65 Å². The van der Waals surface area contributed by atoms with Gasteiger partial charge >= 0.3 is 0 Å². The van der Waals surface area contributed by atoms with Gasteiger partial charge in [0.25, 0.3) is 0 Å². The second-order valence-corrected chi connectivity index (χ2v) is 5.68. The minimum absolute atomic E-state index is 0.385. The SMILES string of the molecule is CC(C)CC(C)Nc1nc2ccc(Br)cn2n1. The normalized spacial score (nSPS) is 13.2. The fourth-order valence-electron chi connectivity index (χ4n) is 1.91. The molecule has 0 radical (unpaired) electrons. The summed E-state index contributed by atoms with van der Waals surface area (Å²) in [7, 11) is 0. The average molecular weight is 297 g/mol. The fraction of sp³-hybridized carbons (Fsp3) is 0.500. The summed E-state index contributed by atoms with van der Waals surface area (Å²) >= 11 is 3.42. The summed E-state index contributed by atoms with van der Waals surface area (Å²) in [5.41, 5.74) is 0.854. The summed E-state index contributed by atoms with van der Waals surface area (Å²) in [5, 5.41) is 7.71. The lowest BCUT2D eigenvalue weighted by atomic mass is 10.1. The minimum atomic E-state index is 0.385. The highest BCUT2D eigenvalue weighted by Gasteiger charge is 2.08. The van der Waals surface area contributed by atoms with Crippen LogP contribution in [0, 0.1) is 5.92 Å². The molecule has 0 aromatic carbocycles. The van der Waals surface area contributed by atoms with Gasteiger partial charge in [-0.1, -0.05) is 13.8 Å². The smallest absolute Gasteiger partial charge is 0.243 e. The van der Waals surface area contributed by atoms with Crippen LogP contribution in [-0.2, 0) is 0 Å². The molecule has 1 N–H and O–H groups in total. The number of anilines is 1. The van der Waals surface area contributed by atoms with Crippen molar-refractivity contribution in [1.29, 1.82) is 0 Å². The molecule has 4 nitrogen and oxygen atoms in total. The van der Waals surface area contributed by atoms with Crippen molar-refractivity contribution in [2.24, 2.45) is 5.92 Å². The Labute approximate surface area is 110 Å². The van der Waals surface area contributed by atoms with Crippen LogP contribution < -0.4 is 5.32 Å². The first-order chi connectivity index (χ1) is 8.04. The number of rotatable bonds is 4. The summed E-state index contributed by atoms with van der Waals surface area (Å²) in [4.78, 5) is 4.42. The van der Waals surface area contributed by atoms with E-state index in [1.54, 1.807) is 4.52 Å². The van der Waals surface area contributed by atoms with Gasteiger partial charge in [-0.15, -0.1) is 5.10 Å². The van der Waals surface area contributed by atoms with Crippen LogP contribution in [0.3, 0.4) is 0 Å². The number of nitrogens with one attached hydrogen (secondary N) is 1. The Balaban J connectivity index is 2.14. The van der Waals surface area contributed by atoms with Crippen molar-refractivity contribution < 1.29 is 0 Å². The number of hydrogen-bond acceptors (Lipinski definition) is 3. The van der Waals surface area contributed by atoms with Gasteiger partial charge in [0.1, 0.15) is 0 Å². The summed E-state index contributed by atoms with van der Waals surface area (Å²) in [6.45, 7) is 6.58. The molecule has 17 heavy (non-hydrogen) atoms. The van der Waals surface area contributed by atoms with Gasteiger partial charge < -0.3 is 5.32 Å². The summed E-state index contributed by atoms with van der Waals surface area (Å²) in [6, 6.07) is 4.29. The van der Waals surface area contributed by atoms with Crippen LogP contribution >= 0.6 is 15.9 Å². The molecular weight excluding hydrogens is 280 g/mol. The van der Waals surface area contributed by atoms with E-state index >= 15 is 0 Å². The molecule has 0 aliphatic rings. The van der Waals surface area contributed by atoms with Gasteiger partial charge in [0, 0.05) is 16.7 Å². The predicted molar refractivity (Wildman–Crippen MR) is 73.2 cm³/mol. The zero-order chi connectivity index (χ0) is 12.4. The van der Waals surface area contributed by atoms with Gasteiger partial charge in [-0.05, 0) is 47.3 Å². The molecule has 0 amide bonds. The van der Waals surface area contributed by atoms with Gasteiger partial charge in [-0.3, -0.25) is 0 Å². The Bertz CT molecular complexity index is 506. The molecule has 5 heteroatoms. The topological polar surface area (TPSA) is 42.2 Å². The molecule has 1 unspecified atom stereocenters. The van der Waals surface area contributed by atoms with E-state index < -0.39 is 0 Å². The Kier molecular flexibility index (Phi) is 3.66. The van der Waals surface area contributed by atoms with Crippen LogP contribution in [-0.4, -0.2) is 20.6 Å². The van der Waals surface area contributed by atoms with E-state index in [1.807, 2.05) is 18.3 Å². The van der Waals surface area contributed by atoms with Crippen molar-refractivity contribution >= 4 is 27.5 Å². The predicted octanol–water partition coefficient (Wildman–Crippen LogP) is 3.34. The van der Waals surface area contributed by atoms with Crippen molar-refractivity contribution in [2.45, 2.75) is 33.2 Å². The summed E-state index contributed by atoms with van der Waals surface area (Å²) in [5.74, 6) is 1.36. The highest BCUT2D eigenvalue weighted by Crippen LogP contribution is 2.14. The van der Waals surface area contributed by atoms with E-state index in [1.165, 1.54) is 0 Å². The van der Waals surface area contributed by atoms with E-state index in [0.29, 0.717) is 17.9 Å². The highest BCUT2D eigenvalue weighted by atomic mass is 79.9. The molecule has 2 heterocycles. The molecular formula is C12H17BrN4. The minimum Gasteiger partial charge on any atom is -0.350 e. The van der Waals surface area contributed by atoms with Gasteiger partial charge in [-0.25, -0.2) is 4.52 Å². The molecule has 0 fully saturated rings. The van der Waals surface area contributed by atoms with Crippen molar-refractivity contribution in [2.75, 3.05) is 5.32 Å². The lowest BCUT2D eigenvalue weighted by molar-refractivity contribution is 0.537. The van der Waals surface area contributed by atoms with Crippen LogP contribution in [0.15, 0.2) is 22.8 Å². The van der Waals surface area contributed by atoms with Crippen molar-refractivity contribution in [3.63, 3.8) is 0 Å². The molecule has 0 aliphatic heterocycles. The third-order valence-electron chi connectivity index (χ3n) is 2.50. The van der Waals surface area contributed by atoms with Crippen LogP contribution in [0.2, 0.25) is 0 Å². The van der Waals surface area contributed by atoms with Crippen molar-refractivity contribution in [3.8, 4) is 0 Å². The van der Waals surface area contributed by atoms with E-state index in [4.69, 9.17) is 0 Å². The van der Waals surface area contributed by atoms with Gasteiger partial charge in [-0.2, -0.15) is 4.98 Å². The first kappa shape index (κ1) is 12.4. The van der Waals surface area contributed by atoms with E-state index in [0.717, 1.165) is 16.5 Å². The van der Waals surface area contributed by atoms with E-state index in [2.05, 4.69) is 52.1 Å². The number of pyridine rings is 1. The monoisotopic (exact) mass is 296 g/mol. The highest BCUT2D eigenvalue weighted by molar-refractivity contribution is 9.10. The number of nitrogens with zero attached hydrogens (tertiary/aromatic N) is 3. The van der Waals surface area contributed by atoms with E-state index in [9.17, 15) is 0 Å². The lowest BCUT2D eigenvalue weighted by Gasteiger charge is -2.13. The molecule has 0 saturated carbocycles. The Morgan fingerprint density at radius 3 is 2.82 bits per heavy atom. The van der Waals surface area contributed by atoms with E-state index in [-0.39, 0.29) is 0 Å². The lowest BCUT2D eigenvalue weighted by Crippen LogP contribution is -2.18. The Hall–Kier alpha value is -1.10. The first-order valence-corrected chi connectivity index (χ1v) is 6.62. The molecule has 2 aromatic rings. The average Bonchev–Trinajstić information content (AvgIpc) is 2.57. The molecule has 1 atom stereocenters. The Morgan fingerprint density at radius 1 is 1.35 bits per heavy atom. The van der Waals surface area contributed by atoms with Crippen LogP contribution in [0.4, 0.5) is 5.95 Å².